The Hall–Kier alpha value is -2.23. The number of rotatable bonds is 4. The van der Waals surface area contributed by atoms with E-state index in [0.29, 0.717) is 5.69 Å². The van der Waals surface area contributed by atoms with Crippen LogP contribution in [0, 0.1) is 5.82 Å². The third-order valence-electron chi connectivity index (χ3n) is 3.20. The van der Waals surface area contributed by atoms with Gasteiger partial charge in [0.05, 0.1) is 5.41 Å². The number of aliphatic carboxylic acids is 1. The summed E-state index contributed by atoms with van der Waals surface area (Å²) in [7, 11) is 0. The van der Waals surface area contributed by atoms with Gasteiger partial charge >= 0.3 is 5.97 Å². The van der Waals surface area contributed by atoms with Crippen molar-refractivity contribution in [1.82, 2.24) is 4.98 Å². The number of carbonyl (C=O) groups is 1. The summed E-state index contributed by atoms with van der Waals surface area (Å²) in [4.78, 5) is 15.7. The number of hydrogen-bond acceptors (Lipinski definition) is 2. The van der Waals surface area contributed by atoms with Crippen LogP contribution in [-0.2, 0) is 16.6 Å². The minimum atomic E-state index is -1.33. The number of hydrogen-bond donors (Lipinski definition) is 1. The van der Waals surface area contributed by atoms with E-state index in [2.05, 4.69) is 4.98 Å². The summed E-state index contributed by atoms with van der Waals surface area (Å²) in [6, 6.07) is 11.2. The van der Waals surface area contributed by atoms with E-state index >= 15 is 0 Å². The molecule has 4 heteroatoms. The molecule has 0 aliphatic carbocycles. The van der Waals surface area contributed by atoms with Gasteiger partial charge in [0, 0.05) is 23.9 Å². The third-order valence-corrected chi connectivity index (χ3v) is 3.20. The highest BCUT2D eigenvalue weighted by Gasteiger charge is 2.37. The van der Waals surface area contributed by atoms with Gasteiger partial charge in [0.25, 0.3) is 0 Å². The van der Waals surface area contributed by atoms with Crippen molar-refractivity contribution in [2.45, 2.75) is 18.8 Å². The fraction of sp³-hybridized carbons (Fsp3) is 0.200. The molecule has 0 saturated heterocycles. The lowest BCUT2D eigenvalue weighted by molar-refractivity contribution is -0.143. The molecule has 2 aromatic rings. The van der Waals surface area contributed by atoms with Gasteiger partial charge in [0.15, 0.2) is 0 Å². The SMILES string of the molecule is CC(Cc1ccccn1)(C(=O)O)c1ccccc1F. The van der Waals surface area contributed by atoms with Crippen LogP contribution in [0.15, 0.2) is 48.7 Å². The molecule has 19 heavy (non-hydrogen) atoms. The molecule has 0 aliphatic heterocycles. The lowest BCUT2D eigenvalue weighted by Gasteiger charge is -2.25. The summed E-state index contributed by atoms with van der Waals surface area (Å²) in [6.07, 6.45) is 1.74. The Kier molecular flexibility index (Phi) is 3.60. The van der Waals surface area contributed by atoms with Crippen LogP contribution in [0.4, 0.5) is 4.39 Å². The Morgan fingerprint density at radius 2 is 1.95 bits per heavy atom. The second kappa shape index (κ2) is 5.18. The van der Waals surface area contributed by atoms with E-state index in [0.717, 1.165) is 0 Å². The molecule has 0 saturated carbocycles. The molecule has 1 unspecified atom stereocenters. The monoisotopic (exact) mass is 259 g/mol. The van der Waals surface area contributed by atoms with Gasteiger partial charge in [-0.05, 0) is 25.1 Å². The Morgan fingerprint density at radius 1 is 1.26 bits per heavy atom. The fourth-order valence-electron chi connectivity index (χ4n) is 2.06. The van der Waals surface area contributed by atoms with Crippen LogP contribution in [0.25, 0.3) is 0 Å². The van der Waals surface area contributed by atoms with Crippen LogP contribution >= 0.6 is 0 Å². The zero-order valence-corrected chi connectivity index (χ0v) is 10.5. The summed E-state index contributed by atoms with van der Waals surface area (Å²) < 4.78 is 13.9. The quantitative estimate of drug-likeness (QED) is 0.918. The molecule has 3 nitrogen and oxygen atoms in total. The molecule has 0 aliphatic rings. The molecule has 1 aromatic carbocycles. The number of carboxylic acids is 1. The molecule has 1 heterocycles. The normalized spacial score (nSPS) is 13.8. The van der Waals surface area contributed by atoms with Crippen molar-refractivity contribution in [1.29, 1.82) is 0 Å². The van der Waals surface area contributed by atoms with Crippen LogP contribution in [0.3, 0.4) is 0 Å². The second-order valence-electron chi connectivity index (χ2n) is 4.61. The predicted molar refractivity (Wildman–Crippen MR) is 69.3 cm³/mol. The van der Waals surface area contributed by atoms with E-state index in [4.69, 9.17) is 0 Å². The Balaban J connectivity index is 2.45. The minimum absolute atomic E-state index is 0.143. The first-order valence-electron chi connectivity index (χ1n) is 5.92. The first-order valence-corrected chi connectivity index (χ1v) is 5.92. The molecule has 0 amide bonds. The minimum Gasteiger partial charge on any atom is -0.481 e. The Morgan fingerprint density at radius 3 is 2.53 bits per heavy atom. The second-order valence-corrected chi connectivity index (χ2v) is 4.61. The molecular weight excluding hydrogens is 245 g/mol. The maximum atomic E-state index is 13.9. The zero-order valence-electron chi connectivity index (χ0n) is 10.5. The average Bonchev–Trinajstić information content (AvgIpc) is 2.40. The van der Waals surface area contributed by atoms with Crippen molar-refractivity contribution in [3.05, 3.63) is 65.7 Å². The standard InChI is InChI=1S/C15H14FNO2/c1-15(14(18)19,10-11-6-4-5-9-17-11)12-7-2-3-8-13(12)16/h2-9H,10H2,1H3,(H,18,19). The number of halogens is 1. The lowest BCUT2D eigenvalue weighted by Crippen LogP contribution is -2.36. The van der Waals surface area contributed by atoms with Crippen molar-refractivity contribution < 1.29 is 14.3 Å². The average molecular weight is 259 g/mol. The van der Waals surface area contributed by atoms with Crippen LogP contribution < -0.4 is 0 Å². The van der Waals surface area contributed by atoms with Gasteiger partial charge in [-0.15, -0.1) is 0 Å². The highest BCUT2D eigenvalue weighted by atomic mass is 19.1. The summed E-state index contributed by atoms with van der Waals surface area (Å²) >= 11 is 0. The molecule has 0 radical (unpaired) electrons. The molecule has 1 N–H and O–H groups in total. The third kappa shape index (κ3) is 2.62. The van der Waals surface area contributed by atoms with Crippen LogP contribution in [0.5, 0.6) is 0 Å². The molecule has 1 atom stereocenters. The number of benzene rings is 1. The highest BCUT2D eigenvalue weighted by Crippen LogP contribution is 2.30. The summed E-state index contributed by atoms with van der Waals surface area (Å²) in [5.74, 6) is -1.58. The van der Waals surface area contributed by atoms with Gasteiger partial charge in [-0.3, -0.25) is 9.78 Å². The Labute approximate surface area is 110 Å². The molecule has 0 spiro atoms. The highest BCUT2D eigenvalue weighted by molar-refractivity contribution is 5.81. The fourth-order valence-corrected chi connectivity index (χ4v) is 2.06. The summed E-state index contributed by atoms with van der Waals surface area (Å²) in [5, 5.41) is 9.48. The largest absolute Gasteiger partial charge is 0.481 e. The van der Waals surface area contributed by atoms with Crippen molar-refractivity contribution >= 4 is 5.97 Å². The lowest BCUT2D eigenvalue weighted by atomic mass is 9.78. The van der Waals surface area contributed by atoms with E-state index in [1.165, 1.54) is 19.1 Å². The number of carboxylic acid groups (broad SMARTS) is 1. The number of pyridine rings is 1. The molecular formula is C15H14FNO2. The topological polar surface area (TPSA) is 50.2 Å². The first kappa shape index (κ1) is 13.2. The van der Waals surface area contributed by atoms with Gasteiger partial charge in [-0.1, -0.05) is 24.3 Å². The number of aromatic nitrogens is 1. The van der Waals surface area contributed by atoms with Crippen LogP contribution in [0.2, 0.25) is 0 Å². The van der Waals surface area contributed by atoms with Crippen molar-refractivity contribution in [2.24, 2.45) is 0 Å². The first-order chi connectivity index (χ1) is 9.04. The summed E-state index contributed by atoms with van der Waals surface area (Å²) in [5.41, 5.74) is -0.538. The van der Waals surface area contributed by atoms with Crippen molar-refractivity contribution in [3.63, 3.8) is 0 Å². The molecule has 0 fully saturated rings. The van der Waals surface area contributed by atoms with Crippen molar-refractivity contribution in [2.75, 3.05) is 0 Å². The van der Waals surface area contributed by atoms with Crippen LogP contribution in [0.1, 0.15) is 18.2 Å². The smallest absolute Gasteiger partial charge is 0.314 e. The number of nitrogens with zero attached hydrogens (tertiary/aromatic N) is 1. The molecule has 2 rings (SSSR count). The summed E-state index contributed by atoms with van der Waals surface area (Å²) in [6.45, 7) is 1.52. The maximum absolute atomic E-state index is 13.9. The van der Waals surface area contributed by atoms with Gasteiger partial charge < -0.3 is 5.11 Å². The molecule has 1 aromatic heterocycles. The Bertz CT molecular complexity index is 586. The maximum Gasteiger partial charge on any atom is 0.314 e. The van der Waals surface area contributed by atoms with Crippen molar-refractivity contribution in [3.8, 4) is 0 Å². The van der Waals surface area contributed by atoms with E-state index in [1.807, 2.05) is 0 Å². The molecule has 0 bridgehead atoms. The van der Waals surface area contributed by atoms with E-state index in [-0.39, 0.29) is 12.0 Å². The van der Waals surface area contributed by atoms with Gasteiger partial charge in [-0.2, -0.15) is 0 Å². The zero-order chi connectivity index (χ0) is 13.9. The van der Waals surface area contributed by atoms with Gasteiger partial charge in [0.1, 0.15) is 5.82 Å². The predicted octanol–water partition coefficient (Wildman–Crippen LogP) is 2.81. The van der Waals surface area contributed by atoms with E-state index in [9.17, 15) is 14.3 Å². The molecule has 98 valence electrons. The van der Waals surface area contributed by atoms with Gasteiger partial charge in [0.2, 0.25) is 0 Å². The van der Waals surface area contributed by atoms with Crippen LogP contribution in [-0.4, -0.2) is 16.1 Å². The van der Waals surface area contributed by atoms with E-state index in [1.54, 1.807) is 36.5 Å². The van der Waals surface area contributed by atoms with E-state index < -0.39 is 17.2 Å². The van der Waals surface area contributed by atoms with Gasteiger partial charge in [-0.25, -0.2) is 4.39 Å².